The molecule has 1 saturated carbocycles. The first-order valence-corrected chi connectivity index (χ1v) is 7.62. The Kier molecular flexibility index (Phi) is 5.53. The van der Waals surface area contributed by atoms with Crippen molar-refractivity contribution in [3.05, 3.63) is 29.3 Å². The molecule has 0 aromatic heterocycles. The monoisotopic (exact) mass is 281 g/mol. The van der Waals surface area contributed by atoms with E-state index in [4.69, 9.17) is 16.3 Å². The van der Waals surface area contributed by atoms with Gasteiger partial charge in [-0.05, 0) is 55.4 Å². The number of hydrogen-bond acceptors (Lipinski definition) is 2. The molecule has 106 valence electrons. The smallest absolute Gasteiger partial charge is 0.0642 e. The number of nitrogens with one attached hydrogen (secondary N) is 1. The summed E-state index contributed by atoms with van der Waals surface area (Å²) >= 11 is 5.85. The first kappa shape index (κ1) is 14.7. The molecule has 1 aliphatic rings. The first-order valence-electron chi connectivity index (χ1n) is 7.24. The fraction of sp³-hybridized carbons (Fsp3) is 0.625. The molecular formula is C16H24ClNO. The normalized spacial score (nSPS) is 27.2. The Morgan fingerprint density at radius 3 is 2.37 bits per heavy atom. The molecule has 0 spiro atoms. The van der Waals surface area contributed by atoms with Crippen LogP contribution in [0.25, 0.3) is 0 Å². The highest BCUT2D eigenvalue weighted by atomic mass is 35.5. The Hall–Kier alpha value is -0.730. The lowest BCUT2D eigenvalue weighted by atomic mass is 9.82. The van der Waals surface area contributed by atoms with Gasteiger partial charge in [-0.15, -0.1) is 0 Å². The predicted molar refractivity (Wildman–Crippen MR) is 81.9 cm³/mol. The lowest BCUT2D eigenvalue weighted by Gasteiger charge is -2.31. The largest absolute Gasteiger partial charge is 0.383 e. The lowest BCUT2D eigenvalue weighted by molar-refractivity contribution is 0.00618. The second kappa shape index (κ2) is 7.16. The Morgan fingerprint density at radius 2 is 1.74 bits per heavy atom. The van der Waals surface area contributed by atoms with E-state index < -0.39 is 0 Å². The van der Waals surface area contributed by atoms with Gasteiger partial charge < -0.3 is 10.1 Å². The van der Waals surface area contributed by atoms with Crippen molar-refractivity contribution in [3.8, 4) is 0 Å². The van der Waals surface area contributed by atoms with Gasteiger partial charge in [0, 0.05) is 17.3 Å². The maximum absolute atomic E-state index is 5.98. The molecule has 1 aliphatic carbocycles. The molecule has 0 bridgehead atoms. The number of rotatable bonds is 5. The molecule has 1 fully saturated rings. The summed E-state index contributed by atoms with van der Waals surface area (Å²) in [6.07, 6.45) is 4.23. The van der Waals surface area contributed by atoms with Crippen molar-refractivity contribution in [1.29, 1.82) is 0 Å². The van der Waals surface area contributed by atoms with Crippen molar-refractivity contribution >= 4 is 17.3 Å². The van der Waals surface area contributed by atoms with Crippen LogP contribution < -0.4 is 5.32 Å². The van der Waals surface area contributed by atoms with Crippen LogP contribution in [0, 0.1) is 11.8 Å². The van der Waals surface area contributed by atoms with Crippen LogP contribution in [0.5, 0.6) is 0 Å². The zero-order valence-electron chi connectivity index (χ0n) is 11.9. The molecule has 2 atom stereocenters. The molecule has 0 radical (unpaired) electrons. The van der Waals surface area contributed by atoms with Gasteiger partial charge in [-0.2, -0.15) is 0 Å². The molecule has 0 aliphatic heterocycles. The molecule has 19 heavy (non-hydrogen) atoms. The van der Waals surface area contributed by atoms with Gasteiger partial charge in [0.15, 0.2) is 0 Å². The van der Waals surface area contributed by atoms with Crippen LogP contribution in [0.3, 0.4) is 0 Å². The second-order valence-electron chi connectivity index (χ2n) is 5.84. The van der Waals surface area contributed by atoms with Crippen LogP contribution in [0.4, 0.5) is 5.69 Å². The summed E-state index contributed by atoms with van der Waals surface area (Å²) in [5.74, 6) is 1.61. The fourth-order valence-corrected chi connectivity index (χ4v) is 3.12. The van der Waals surface area contributed by atoms with Crippen LogP contribution >= 0.6 is 11.6 Å². The summed E-state index contributed by atoms with van der Waals surface area (Å²) in [6.45, 7) is 6.28. The van der Waals surface area contributed by atoms with E-state index in [2.05, 4.69) is 19.2 Å². The summed E-state index contributed by atoms with van der Waals surface area (Å²) in [5, 5.41) is 4.12. The highest BCUT2D eigenvalue weighted by Crippen LogP contribution is 2.30. The third-order valence-corrected chi connectivity index (χ3v) is 4.02. The highest BCUT2D eigenvalue weighted by Gasteiger charge is 2.24. The van der Waals surface area contributed by atoms with E-state index in [0.29, 0.717) is 6.10 Å². The van der Waals surface area contributed by atoms with Crippen molar-refractivity contribution in [2.24, 2.45) is 11.8 Å². The summed E-state index contributed by atoms with van der Waals surface area (Å²) in [6, 6.07) is 7.78. The van der Waals surface area contributed by atoms with Gasteiger partial charge in [-0.3, -0.25) is 0 Å². The Morgan fingerprint density at radius 1 is 1.11 bits per heavy atom. The standard InChI is InChI=1S/C16H24ClNO/c1-12-9-13(2)11-16(10-12)19-8-7-18-15-5-3-14(17)4-6-15/h3-6,12-13,16,18H,7-11H2,1-2H3. The average Bonchev–Trinajstić information content (AvgIpc) is 2.36. The van der Waals surface area contributed by atoms with Gasteiger partial charge >= 0.3 is 0 Å². The second-order valence-corrected chi connectivity index (χ2v) is 6.28. The Labute approximate surface area is 121 Å². The van der Waals surface area contributed by atoms with Crippen molar-refractivity contribution < 1.29 is 4.74 Å². The SMILES string of the molecule is CC1CC(C)CC(OCCNc2ccc(Cl)cc2)C1. The maximum atomic E-state index is 5.98. The van der Waals surface area contributed by atoms with Crippen LogP contribution in [0.1, 0.15) is 33.1 Å². The minimum absolute atomic E-state index is 0.450. The lowest BCUT2D eigenvalue weighted by Crippen LogP contribution is -2.27. The third kappa shape index (κ3) is 5.04. The number of benzene rings is 1. The zero-order valence-corrected chi connectivity index (χ0v) is 12.6. The molecule has 2 nitrogen and oxygen atoms in total. The topological polar surface area (TPSA) is 21.3 Å². The third-order valence-electron chi connectivity index (χ3n) is 3.76. The maximum Gasteiger partial charge on any atom is 0.0642 e. The summed E-state index contributed by atoms with van der Waals surface area (Å²) < 4.78 is 5.98. The fourth-order valence-electron chi connectivity index (χ4n) is 3.00. The Balaban J connectivity index is 1.65. The number of hydrogen-bond donors (Lipinski definition) is 1. The molecule has 2 unspecified atom stereocenters. The van der Waals surface area contributed by atoms with Gasteiger partial charge in [0.05, 0.1) is 12.7 Å². The minimum Gasteiger partial charge on any atom is -0.383 e. The van der Waals surface area contributed by atoms with Crippen molar-refractivity contribution in [2.75, 3.05) is 18.5 Å². The molecule has 0 heterocycles. The summed E-state index contributed by atoms with van der Waals surface area (Å²) in [7, 11) is 0. The van der Waals surface area contributed by atoms with Crippen LogP contribution in [-0.2, 0) is 4.74 Å². The van der Waals surface area contributed by atoms with Crippen LogP contribution in [-0.4, -0.2) is 19.3 Å². The van der Waals surface area contributed by atoms with Crippen molar-refractivity contribution in [2.45, 2.75) is 39.2 Å². The van der Waals surface area contributed by atoms with Gasteiger partial charge in [-0.25, -0.2) is 0 Å². The molecule has 1 aromatic rings. The van der Waals surface area contributed by atoms with Gasteiger partial charge in [0.25, 0.3) is 0 Å². The van der Waals surface area contributed by atoms with E-state index in [1.165, 1.54) is 19.3 Å². The van der Waals surface area contributed by atoms with Gasteiger partial charge in [0.1, 0.15) is 0 Å². The van der Waals surface area contributed by atoms with E-state index in [1.54, 1.807) is 0 Å². The quantitative estimate of drug-likeness (QED) is 0.797. The van der Waals surface area contributed by atoms with E-state index in [0.717, 1.165) is 35.7 Å². The number of ether oxygens (including phenoxy) is 1. The number of halogens is 1. The Bertz CT molecular complexity index is 369. The van der Waals surface area contributed by atoms with Crippen LogP contribution in [0.2, 0.25) is 5.02 Å². The van der Waals surface area contributed by atoms with Crippen molar-refractivity contribution in [1.82, 2.24) is 0 Å². The molecule has 1 aromatic carbocycles. The number of anilines is 1. The van der Waals surface area contributed by atoms with Crippen LogP contribution in [0.15, 0.2) is 24.3 Å². The van der Waals surface area contributed by atoms with Gasteiger partial charge in [0.2, 0.25) is 0 Å². The molecule has 0 amide bonds. The molecule has 2 rings (SSSR count). The molecular weight excluding hydrogens is 258 g/mol. The molecule has 3 heteroatoms. The van der Waals surface area contributed by atoms with Crippen molar-refractivity contribution in [3.63, 3.8) is 0 Å². The van der Waals surface area contributed by atoms with E-state index >= 15 is 0 Å². The highest BCUT2D eigenvalue weighted by molar-refractivity contribution is 6.30. The minimum atomic E-state index is 0.450. The predicted octanol–water partition coefficient (Wildman–Crippen LogP) is 4.59. The first-order chi connectivity index (χ1) is 9.13. The summed E-state index contributed by atoms with van der Waals surface area (Å²) in [4.78, 5) is 0. The van der Waals surface area contributed by atoms with E-state index in [1.807, 2.05) is 24.3 Å². The average molecular weight is 282 g/mol. The zero-order chi connectivity index (χ0) is 13.7. The molecule has 0 saturated heterocycles. The summed E-state index contributed by atoms with van der Waals surface area (Å²) in [5.41, 5.74) is 1.10. The van der Waals surface area contributed by atoms with E-state index in [9.17, 15) is 0 Å². The van der Waals surface area contributed by atoms with Gasteiger partial charge in [-0.1, -0.05) is 25.4 Å². The molecule has 1 N–H and O–H groups in total. The van der Waals surface area contributed by atoms with E-state index in [-0.39, 0.29) is 0 Å².